The molecule has 0 bridgehead atoms. The molecule has 0 amide bonds. The van der Waals surface area contributed by atoms with Crippen LogP contribution in [0.25, 0.3) is 16.5 Å². The highest BCUT2D eigenvalue weighted by Gasteiger charge is 2.35. The summed E-state index contributed by atoms with van der Waals surface area (Å²) < 4.78 is 1.20. The molecule has 0 aliphatic heterocycles. The molecule has 0 fully saturated rings. The zero-order valence-corrected chi connectivity index (χ0v) is 18.9. The normalized spacial score (nSPS) is 13.0. The summed E-state index contributed by atoms with van der Waals surface area (Å²) in [7, 11) is 0. The molecule has 0 saturated carbocycles. The second kappa shape index (κ2) is 8.64. The summed E-state index contributed by atoms with van der Waals surface area (Å²) in [6.07, 6.45) is 3.64. The topological polar surface area (TPSA) is 72.2 Å². The molecule has 0 aliphatic rings. The van der Waals surface area contributed by atoms with Crippen LogP contribution >= 0.6 is 11.8 Å². The van der Waals surface area contributed by atoms with E-state index in [1.807, 2.05) is 50.6 Å². The van der Waals surface area contributed by atoms with E-state index in [0.717, 1.165) is 11.1 Å². The molecular weight excluding hydrogens is 396 g/mol. The van der Waals surface area contributed by atoms with Crippen LogP contribution in [0, 0.1) is 18.8 Å². The summed E-state index contributed by atoms with van der Waals surface area (Å²) in [5.41, 5.74) is 2.21. The van der Waals surface area contributed by atoms with Gasteiger partial charge >= 0.3 is 5.97 Å². The van der Waals surface area contributed by atoms with E-state index in [1.165, 1.54) is 22.7 Å². The van der Waals surface area contributed by atoms with E-state index in [-0.39, 0.29) is 18.1 Å². The molecule has 1 atom stereocenters. The Hall–Kier alpha value is -2.60. The lowest BCUT2D eigenvalue weighted by atomic mass is 9.88. The number of ketones is 1. The first-order chi connectivity index (χ1) is 14.1. The number of rotatable bonds is 8. The van der Waals surface area contributed by atoms with Crippen molar-refractivity contribution >= 4 is 34.3 Å². The Morgan fingerprint density at radius 1 is 1.13 bits per heavy atom. The van der Waals surface area contributed by atoms with Crippen molar-refractivity contribution in [1.82, 2.24) is 9.55 Å². The number of nitrogens with zero attached hydrogens (tertiary/aromatic N) is 2. The molecule has 0 saturated heterocycles. The third-order valence-electron chi connectivity index (χ3n) is 5.53. The average Bonchev–Trinajstić information content (AvgIpc) is 3.13. The zero-order valence-electron chi connectivity index (χ0n) is 18.0. The Morgan fingerprint density at radius 3 is 2.43 bits per heavy atom. The van der Waals surface area contributed by atoms with Gasteiger partial charge in [0.1, 0.15) is 5.78 Å². The summed E-state index contributed by atoms with van der Waals surface area (Å²) in [4.78, 5) is 29.0. The van der Waals surface area contributed by atoms with Crippen LogP contribution in [0.3, 0.4) is 0 Å². The first kappa shape index (κ1) is 22.1. The minimum absolute atomic E-state index is 0.0151. The van der Waals surface area contributed by atoms with Crippen molar-refractivity contribution in [3.05, 3.63) is 54.4 Å². The van der Waals surface area contributed by atoms with E-state index in [2.05, 4.69) is 36.2 Å². The number of aromatic nitrogens is 2. The fraction of sp³-hybridized carbons (Fsp3) is 0.375. The largest absolute Gasteiger partial charge is 0.481 e. The van der Waals surface area contributed by atoms with E-state index in [4.69, 9.17) is 0 Å². The highest BCUT2D eigenvalue weighted by atomic mass is 32.2. The highest BCUT2D eigenvalue weighted by molar-refractivity contribution is 8.01. The van der Waals surface area contributed by atoms with Gasteiger partial charge in [-0.25, -0.2) is 4.98 Å². The summed E-state index contributed by atoms with van der Waals surface area (Å²) in [6.45, 7) is 9.44. The predicted octanol–water partition coefficient (Wildman–Crippen LogP) is 5.52. The molecule has 1 heterocycles. The van der Waals surface area contributed by atoms with Crippen LogP contribution in [0.1, 0.15) is 39.7 Å². The first-order valence-electron chi connectivity index (χ1n) is 10.1. The highest BCUT2D eigenvalue weighted by Crippen LogP contribution is 2.37. The van der Waals surface area contributed by atoms with Crippen molar-refractivity contribution in [2.75, 3.05) is 0 Å². The number of Topliss-reactive ketones (excluding diaryl/α,β-unsaturated/α-hetero) is 1. The van der Waals surface area contributed by atoms with Gasteiger partial charge < -0.3 is 5.11 Å². The van der Waals surface area contributed by atoms with Crippen molar-refractivity contribution in [3.63, 3.8) is 0 Å². The number of imidazole rings is 1. The zero-order chi connectivity index (χ0) is 22.1. The first-order valence-corrected chi connectivity index (χ1v) is 10.9. The van der Waals surface area contributed by atoms with Gasteiger partial charge in [0.25, 0.3) is 0 Å². The maximum atomic E-state index is 13.0. The van der Waals surface area contributed by atoms with Crippen molar-refractivity contribution in [3.8, 4) is 5.69 Å². The molecule has 6 heteroatoms. The second-order valence-electron chi connectivity index (χ2n) is 8.46. The Bertz CT molecular complexity index is 1080. The van der Waals surface area contributed by atoms with Gasteiger partial charge in [0.05, 0.1) is 16.4 Å². The van der Waals surface area contributed by atoms with Crippen LogP contribution < -0.4 is 0 Å². The number of fused-ring (bicyclic) bond motifs is 1. The van der Waals surface area contributed by atoms with Crippen LogP contribution in [0.5, 0.6) is 0 Å². The van der Waals surface area contributed by atoms with Crippen molar-refractivity contribution in [2.24, 2.45) is 11.8 Å². The molecule has 158 valence electrons. The number of aliphatic carboxylic acids is 1. The van der Waals surface area contributed by atoms with Gasteiger partial charge in [-0.2, -0.15) is 0 Å². The van der Waals surface area contributed by atoms with Crippen molar-refractivity contribution in [1.29, 1.82) is 0 Å². The molecule has 3 rings (SSSR count). The lowest BCUT2D eigenvalue weighted by Gasteiger charge is -2.25. The standard InChI is InChI=1S/C24H28N2O3S/c1-15(2)19(22(28)29)14-21(27)24(4,5)30-23-25-12-13-26(23)20-11-10-16(3)17-8-6-7-9-18(17)20/h6-13,15,19H,14H2,1-5H3,(H,28,29). The SMILES string of the molecule is Cc1ccc(-n2ccnc2SC(C)(C)C(=O)CC(C(=O)O)C(C)C)c2ccccc12. The fourth-order valence-corrected chi connectivity index (χ4v) is 4.56. The van der Waals surface area contributed by atoms with Crippen LogP contribution in [0.2, 0.25) is 0 Å². The van der Waals surface area contributed by atoms with Crippen LogP contribution in [0.4, 0.5) is 0 Å². The molecule has 0 spiro atoms. The van der Waals surface area contributed by atoms with Gasteiger partial charge in [-0.05, 0) is 43.7 Å². The summed E-state index contributed by atoms with van der Waals surface area (Å²) in [6, 6.07) is 12.4. The Morgan fingerprint density at radius 2 is 1.80 bits per heavy atom. The molecule has 30 heavy (non-hydrogen) atoms. The number of carboxylic acid groups (broad SMARTS) is 1. The van der Waals surface area contributed by atoms with Gasteiger partial charge in [-0.3, -0.25) is 14.2 Å². The summed E-state index contributed by atoms with van der Waals surface area (Å²) in [5.74, 6) is -1.80. The number of carboxylic acids is 1. The maximum Gasteiger partial charge on any atom is 0.307 e. The molecule has 2 aromatic carbocycles. The van der Waals surface area contributed by atoms with E-state index in [1.54, 1.807) is 6.20 Å². The molecule has 1 N–H and O–H groups in total. The average molecular weight is 425 g/mol. The lowest BCUT2D eigenvalue weighted by Crippen LogP contribution is -2.33. The quantitative estimate of drug-likeness (QED) is 0.482. The van der Waals surface area contributed by atoms with Crippen molar-refractivity contribution in [2.45, 2.75) is 50.9 Å². The van der Waals surface area contributed by atoms with Crippen LogP contribution in [-0.4, -0.2) is 31.2 Å². The van der Waals surface area contributed by atoms with E-state index in [9.17, 15) is 14.7 Å². The maximum absolute atomic E-state index is 13.0. The summed E-state index contributed by atoms with van der Waals surface area (Å²) in [5, 5.41) is 12.5. The van der Waals surface area contributed by atoms with Gasteiger partial charge in [0.15, 0.2) is 5.16 Å². The number of hydrogen-bond donors (Lipinski definition) is 1. The fourth-order valence-electron chi connectivity index (χ4n) is 3.53. The third-order valence-corrected chi connectivity index (χ3v) is 6.75. The lowest BCUT2D eigenvalue weighted by molar-refractivity contribution is -0.145. The molecule has 0 radical (unpaired) electrons. The Kier molecular flexibility index (Phi) is 6.36. The smallest absolute Gasteiger partial charge is 0.307 e. The molecule has 3 aromatic rings. The third kappa shape index (κ3) is 4.43. The van der Waals surface area contributed by atoms with Crippen molar-refractivity contribution < 1.29 is 14.7 Å². The number of hydrogen-bond acceptors (Lipinski definition) is 4. The number of benzene rings is 2. The van der Waals surface area contributed by atoms with E-state index < -0.39 is 16.6 Å². The molecular formula is C24H28N2O3S. The van der Waals surface area contributed by atoms with Crippen LogP contribution in [0.15, 0.2) is 53.9 Å². The van der Waals surface area contributed by atoms with Crippen LogP contribution in [-0.2, 0) is 9.59 Å². The molecule has 5 nitrogen and oxygen atoms in total. The van der Waals surface area contributed by atoms with Gasteiger partial charge in [-0.15, -0.1) is 0 Å². The number of carbonyl (C=O) groups excluding carboxylic acids is 1. The number of aryl methyl sites for hydroxylation is 1. The second-order valence-corrected chi connectivity index (χ2v) is 10.0. The van der Waals surface area contributed by atoms with Gasteiger partial charge in [0.2, 0.25) is 0 Å². The molecule has 1 unspecified atom stereocenters. The van der Waals surface area contributed by atoms with Gasteiger partial charge in [0, 0.05) is 24.2 Å². The predicted molar refractivity (Wildman–Crippen MR) is 121 cm³/mol. The van der Waals surface area contributed by atoms with E-state index in [0.29, 0.717) is 5.16 Å². The van der Waals surface area contributed by atoms with Gasteiger partial charge in [-0.1, -0.05) is 55.9 Å². The Labute approximate surface area is 181 Å². The molecule has 0 aliphatic carbocycles. The van der Waals surface area contributed by atoms with E-state index >= 15 is 0 Å². The summed E-state index contributed by atoms with van der Waals surface area (Å²) >= 11 is 1.37. The minimum atomic E-state index is -0.924. The molecule has 1 aromatic heterocycles. The monoisotopic (exact) mass is 424 g/mol. The minimum Gasteiger partial charge on any atom is -0.481 e. The number of thioether (sulfide) groups is 1. The number of carbonyl (C=O) groups is 2. The Balaban J connectivity index is 1.92.